The number of rotatable bonds is 4. The van der Waals surface area contributed by atoms with Gasteiger partial charge in [-0.05, 0) is 43.5 Å². The molecule has 3 nitrogen and oxygen atoms in total. The van der Waals surface area contributed by atoms with Crippen LogP contribution in [0.5, 0.6) is 5.75 Å². The number of ether oxygens (including phenoxy) is 1. The highest BCUT2D eigenvalue weighted by Gasteiger charge is 2.35. The fourth-order valence-corrected chi connectivity index (χ4v) is 3.57. The molecule has 0 atom stereocenters. The molecule has 0 spiro atoms. The average molecular weight is 349 g/mol. The summed E-state index contributed by atoms with van der Waals surface area (Å²) in [5.41, 5.74) is 2.99. The first kappa shape index (κ1) is 18.9. The van der Waals surface area contributed by atoms with Crippen LogP contribution in [-0.4, -0.2) is 41.4 Å². The van der Waals surface area contributed by atoms with E-state index in [9.17, 15) is 0 Å². The standard InChI is InChI=1S/C20H29N2O.ClH/c1-20(2)15-18(21-12-5-4-6-13-21)11-14-22(20)16-17-7-9-19(23-3)10-8-17;/h7-11,14H,4-6,12-13,15-16H2,1-3H3;1H/q+1;/p-1. The summed E-state index contributed by atoms with van der Waals surface area (Å²) in [4.78, 5) is 2.59. The lowest BCUT2D eigenvalue weighted by Crippen LogP contribution is -3.00. The molecule has 0 saturated carbocycles. The van der Waals surface area contributed by atoms with Gasteiger partial charge in [0.2, 0.25) is 0 Å². The van der Waals surface area contributed by atoms with Crippen molar-refractivity contribution in [3.8, 4) is 5.75 Å². The lowest BCUT2D eigenvalue weighted by Gasteiger charge is -2.36. The van der Waals surface area contributed by atoms with Gasteiger partial charge in [-0.2, -0.15) is 0 Å². The fraction of sp³-hybridized carbons (Fsp3) is 0.550. The van der Waals surface area contributed by atoms with Crippen LogP contribution in [0.4, 0.5) is 0 Å². The van der Waals surface area contributed by atoms with Crippen LogP contribution in [0.1, 0.15) is 45.1 Å². The number of likely N-dealkylation sites (tertiary alicyclic amines) is 1. The predicted octanol–water partition coefficient (Wildman–Crippen LogP) is 0.835. The molecule has 2 aliphatic heterocycles. The molecule has 132 valence electrons. The fourth-order valence-electron chi connectivity index (χ4n) is 3.57. The summed E-state index contributed by atoms with van der Waals surface area (Å²) in [5, 5.41) is 0. The molecule has 0 N–H and O–H groups in total. The van der Waals surface area contributed by atoms with Crippen LogP contribution in [0, 0.1) is 0 Å². The van der Waals surface area contributed by atoms with Gasteiger partial charge in [0.15, 0.2) is 18.3 Å². The van der Waals surface area contributed by atoms with Gasteiger partial charge < -0.3 is 22.0 Å². The van der Waals surface area contributed by atoms with Gasteiger partial charge in [-0.1, -0.05) is 0 Å². The molecule has 1 saturated heterocycles. The minimum absolute atomic E-state index is 0. The lowest BCUT2D eigenvalue weighted by molar-refractivity contribution is -0.612. The minimum Gasteiger partial charge on any atom is -1.00 e. The SMILES string of the molecule is COc1ccc(C[N+]2=CC=C(N3CCCCC3)CC2(C)C)cc1.[Cl-]. The second kappa shape index (κ2) is 8.06. The van der Waals surface area contributed by atoms with E-state index in [1.807, 2.05) is 12.1 Å². The number of piperidine rings is 1. The molecule has 0 bridgehead atoms. The van der Waals surface area contributed by atoms with Crippen LogP contribution >= 0.6 is 0 Å². The Labute approximate surface area is 152 Å². The summed E-state index contributed by atoms with van der Waals surface area (Å²) in [6, 6.07) is 8.40. The Kier molecular flexibility index (Phi) is 6.34. The maximum atomic E-state index is 5.24. The zero-order valence-electron chi connectivity index (χ0n) is 15.1. The van der Waals surface area contributed by atoms with E-state index in [0.29, 0.717) is 0 Å². The molecule has 24 heavy (non-hydrogen) atoms. The zero-order chi connectivity index (χ0) is 16.3. The van der Waals surface area contributed by atoms with Crippen molar-refractivity contribution >= 4 is 6.21 Å². The minimum atomic E-state index is 0. The zero-order valence-corrected chi connectivity index (χ0v) is 15.9. The number of nitrogens with zero attached hydrogens (tertiary/aromatic N) is 2. The van der Waals surface area contributed by atoms with Crippen LogP contribution in [0.15, 0.2) is 36.0 Å². The second-order valence-electron chi connectivity index (χ2n) is 7.32. The van der Waals surface area contributed by atoms with E-state index in [0.717, 1.165) is 18.7 Å². The quantitative estimate of drug-likeness (QED) is 0.749. The third-order valence-electron chi connectivity index (χ3n) is 5.11. The van der Waals surface area contributed by atoms with Crippen LogP contribution in [-0.2, 0) is 6.54 Å². The summed E-state index contributed by atoms with van der Waals surface area (Å²) in [6.45, 7) is 8.11. The maximum absolute atomic E-state index is 5.24. The molecule has 0 radical (unpaired) electrons. The molecule has 4 heteroatoms. The van der Waals surface area contributed by atoms with Crippen molar-refractivity contribution in [1.82, 2.24) is 4.90 Å². The molecule has 1 fully saturated rings. The Morgan fingerprint density at radius 1 is 1.08 bits per heavy atom. The third kappa shape index (κ3) is 4.32. The summed E-state index contributed by atoms with van der Waals surface area (Å²) >= 11 is 0. The predicted molar refractivity (Wildman–Crippen MR) is 95.2 cm³/mol. The molecule has 2 aliphatic rings. The van der Waals surface area contributed by atoms with Crippen molar-refractivity contribution < 1.29 is 21.7 Å². The van der Waals surface area contributed by atoms with Gasteiger partial charge in [-0.3, -0.25) is 0 Å². The molecule has 0 amide bonds. The highest BCUT2D eigenvalue weighted by Crippen LogP contribution is 2.28. The lowest BCUT2D eigenvalue weighted by atomic mass is 9.92. The van der Waals surface area contributed by atoms with Crippen molar-refractivity contribution in [2.24, 2.45) is 0 Å². The first-order valence-corrected chi connectivity index (χ1v) is 8.77. The highest BCUT2D eigenvalue weighted by molar-refractivity contribution is 5.68. The van der Waals surface area contributed by atoms with Gasteiger partial charge in [-0.15, -0.1) is 0 Å². The van der Waals surface area contributed by atoms with Crippen molar-refractivity contribution in [1.29, 1.82) is 0 Å². The highest BCUT2D eigenvalue weighted by atomic mass is 35.5. The molecule has 2 heterocycles. The molecule has 0 unspecified atom stereocenters. The van der Waals surface area contributed by atoms with E-state index in [1.54, 1.807) is 7.11 Å². The number of hydrogen-bond acceptors (Lipinski definition) is 2. The first-order chi connectivity index (χ1) is 11.1. The Morgan fingerprint density at radius 2 is 1.75 bits per heavy atom. The van der Waals surface area contributed by atoms with Crippen LogP contribution < -0.4 is 17.1 Å². The van der Waals surface area contributed by atoms with Gasteiger partial charge in [0, 0.05) is 44.3 Å². The van der Waals surface area contributed by atoms with Gasteiger partial charge in [-0.25, -0.2) is 4.58 Å². The van der Waals surface area contributed by atoms with Crippen molar-refractivity contribution in [2.75, 3.05) is 20.2 Å². The Bertz CT molecular complexity index is 599. The maximum Gasteiger partial charge on any atom is 0.168 e. The Balaban J connectivity index is 0.00000208. The number of halogens is 1. The molecular weight excluding hydrogens is 320 g/mol. The summed E-state index contributed by atoms with van der Waals surface area (Å²) < 4.78 is 7.71. The van der Waals surface area contributed by atoms with E-state index in [4.69, 9.17) is 4.74 Å². The first-order valence-electron chi connectivity index (χ1n) is 8.77. The molecular formula is C20H29ClN2O. The monoisotopic (exact) mass is 348 g/mol. The largest absolute Gasteiger partial charge is 1.00 e. The van der Waals surface area contributed by atoms with Gasteiger partial charge in [0.25, 0.3) is 0 Å². The van der Waals surface area contributed by atoms with Gasteiger partial charge in [0.1, 0.15) is 5.75 Å². The van der Waals surface area contributed by atoms with Crippen LogP contribution in [0.2, 0.25) is 0 Å². The van der Waals surface area contributed by atoms with E-state index >= 15 is 0 Å². The number of methoxy groups -OCH3 is 1. The van der Waals surface area contributed by atoms with E-state index in [2.05, 4.69) is 47.7 Å². The van der Waals surface area contributed by atoms with Gasteiger partial charge in [0.05, 0.1) is 13.5 Å². The van der Waals surface area contributed by atoms with Crippen LogP contribution in [0.25, 0.3) is 0 Å². The van der Waals surface area contributed by atoms with Gasteiger partial charge >= 0.3 is 0 Å². The second-order valence-corrected chi connectivity index (χ2v) is 7.32. The Hall–Kier alpha value is -1.48. The van der Waals surface area contributed by atoms with E-state index in [-0.39, 0.29) is 17.9 Å². The number of hydrogen-bond donors (Lipinski definition) is 0. The van der Waals surface area contributed by atoms with Crippen LogP contribution in [0.3, 0.4) is 0 Å². The average Bonchev–Trinajstić information content (AvgIpc) is 2.58. The normalized spacial score (nSPS) is 19.9. The molecule has 3 rings (SSSR count). The molecule has 1 aromatic rings. The number of allylic oxidation sites excluding steroid dienone is 1. The smallest absolute Gasteiger partial charge is 0.168 e. The Morgan fingerprint density at radius 3 is 2.33 bits per heavy atom. The molecule has 0 aliphatic carbocycles. The molecule has 0 aromatic heterocycles. The van der Waals surface area contributed by atoms with E-state index in [1.165, 1.54) is 43.6 Å². The third-order valence-corrected chi connectivity index (χ3v) is 5.11. The van der Waals surface area contributed by atoms with Crippen molar-refractivity contribution in [3.63, 3.8) is 0 Å². The summed E-state index contributed by atoms with van der Waals surface area (Å²) in [7, 11) is 1.71. The summed E-state index contributed by atoms with van der Waals surface area (Å²) in [6.07, 6.45) is 9.82. The molecule has 1 aromatic carbocycles. The summed E-state index contributed by atoms with van der Waals surface area (Å²) in [5.74, 6) is 0.919. The number of benzene rings is 1. The van der Waals surface area contributed by atoms with Crippen molar-refractivity contribution in [3.05, 3.63) is 41.6 Å². The topological polar surface area (TPSA) is 15.5 Å². The van der Waals surface area contributed by atoms with E-state index < -0.39 is 0 Å². The van der Waals surface area contributed by atoms with Crippen molar-refractivity contribution in [2.45, 2.75) is 51.6 Å².